The van der Waals surface area contributed by atoms with E-state index in [1.807, 2.05) is 46.1 Å². The number of thiazole rings is 1. The van der Waals surface area contributed by atoms with Crippen molar-refractivity contribution in [3.8, 4) is 16.3 Å². The molecule has 37 heavy (non-hydrogen) atoms. The quantitative estimate of drug-likeness (QED) is 0.308. The topological polar surface area (TPSA) is 98.3 Å². The number of hydrogen-bond donors (Lipinski definition) is 2. The minimum atomic E-state index is -0.388. The minimum absolute atomic E-state index is 0.0182. The van der Waals surface area contributed by atoms with Crippen LogP contribution in [0.1, 0.15) is 29.8 Å². The van der Waals surface area contributed by atoms with Gasteiger partial charge in [0.2, 0.25) is 0 Å². The molecule has 192 valence electrons. The van der Waals surface area contributed by atoms with Gasteiger partial charge in [0.05, 0.1) is 24.2 Å². The summed E-state index contributed by atoms with van der Waals surface area (Å²) in [6.45, 7) is 2.54. The third kappa shape index (κ3) is 6.15. The summed E-state index contributed by atoms with van der Waals surface area (Å²) < 4.78 is 22.3. The first kappa shape index (κ1) is 24.9. The van der Waals surface area contributed by atoms with Crippen LogP contribution in [0.5, 0.6) is 5.75 Å². The van der Waals surface area contributed by atoms with Crippen LogP contribution in [-0.4, -0.2) is 46.4 Å². The van der Waals surface area contributed by atoms with Crippen LogP contribution in [0.4, 0.5) is 15.8 Å². The monoisotopic (exact) mass is 520 g/mol. The maximum absolute atomic E-state index is 14.8. The van der Waals surface area contributed by atoms with Gasteiger partial charge in [-0.25, -0.2) is 9.37 Å². The number of piperidine rings is 1. The molecule has 1 atom stereocenters. The maximum Gasteiger partial charge on any atom is 0.275 e. The van der Waals surface area contributed by atoms with Crippen LogP contribution in [0.3, 0.4) is 0 Å². The van der Waals surface area contributed by atoms with Gasteiger partial charge in [0.15, 0.2) is 0 Å². The molecule has 0 saturated carbocycles. The fourth-order valence-corrected chi connectivity index (χ4v) is 5.15. The normalized spacial score (nSPS) is 15.5. The molecule has 0 spiro atoms. The van der Waals surface area contributed by atoms with Crippen LogP contribution in [0.2, 0.25) is 0 Å². The highest BCUT2D eigenvalue weighted by molar-refractivity contribution is 7.13. The first-order chi connectivity index (χ1) is 18.1. The molecule has 0 bridgehead atoms. The Labute approximate surface area is 218 Å². The summed E-state index contributed by atoms with van der Waals surface area (Å²) in [6, 6.07) is 14.4. The molecular weight excluding hydrogens is 491 g/mol. The van der Waals surface area contributed by atoms with Crippen LogP contribution in [-0.2, 0) is 6.54 Å². The largest absolute Gasteiger partial charge is 0.494 e. The lowest BCUT2D eigenvalue weighted by Crippen LogP contribution is -2.43. The van der Waals surface area contributed by atoms with E-state index in [0.717, 1.165) is 30.6 Å². The minimum Gasteiger partial charge on any atom is -0.494 e. The van der Waals surface area contributed by atoms with E-state index in [0.29, 0.717) is 42.6 Å². The third-order valence-electron chi connectivity index (χ3n) is 6.17. The lowest BCUT2D eigenvalue weighted by Gasteiger charge is -2.34. The molecule has 1 aliphatic heterocycles. The van der Waals surface area contributed by atoms with Crippen molar-refractivity contribution in [3.05, 3.63) is 77.8 Å². The summed E-state index contributed by atoms with van der Waals surface area (Å²) in [5, 5.41) is 9.65. The Hall–Kier alpha value is -3.76. The van der Waals surface area contributed by atoms with E-state index in [-0.39, 0.29) is 23.5 Å². The van der Waals surface area contributed by atoms with Crippen molar-refractivity contribution in [2.75, 3.05) is 29.9 Å². The molecule has 0 aliphatic carbocycles. The van der Waals surface area contributed by atoms with Gasteiger partial charge in [-0.15, -0.1) is 11.3 Å². The SMILES string of the molecule is NC1CCCN(c2c(F)cccc2NC(=O)c2csc(-c3cnn(CCCOc4ccccc4)c3)n2)C1. The number of ether oxygens (including phenoxy) is 1. The Kier molecular flexibility index (Phi) is 7.76. The predicted molar refractivity (Wildman–Crippen MR) is 144 cm³/mol. The van der Waals surface area contributed by atoms with Crippen molar-refractivity contribution >= 4 is 28.6 Å². The third-order valence-corrected chi connectivity index (χ3v) is 7.06. The molecule has 3 N–H and O–H groups in total. The molecule has 2 aromatic heterocycles. The molecule has 1 aliphatic rings. The second-order valence-corrected chi connectivity index (χ2v) is 9.84. The Morgan fingerprint density at radius 3 is 2.92 bits per heavy atom. The molecule has 1 fully saturated rings. The van der Waals surface area contributed by atoms with Crippen molar-refractivity contribution in [1.29, 1.82) is 0 Å². The van der Waals surface area contributed by atoms with Gasteiger partial charge in [-0.2, -0.15) is 5.10 Å². The molecule has 10 heteroatoms. The number of anilines is 2. The van der Waals surface area contributed by atoms with Crippen LogP contribution < -0.4 is 20.7 Å². The molecule has 1 unspecified atom stereocenters. The van der Waals surface area contributed by atoms with Crippen molar-refractivity contribution in [1.82, 2.24) is 14.8 Å². The van der Waals surface area contributed by atoms with Gasteiger partial charge < -0.3 is 20.7 Å². The van der Waals surface area contributed by atoms with Crippen molar-refractivity contribution in [2.45, 2.75) is 31.8 Å². The van der Waals surface area contributed by atoms with E-state index < -0.39 is 0 Å². The second-order valence-electron chi connectivity index (χ2n) is 8.98. The Bertz CT molecular complexity index is 1340. The van der Waals surface area contributed by atoms with E-state index in [1.165, 1.54) is 17.4 Å². The number of halogens is 1. The number of nitrogens with zero attached hydrogens (tertiary/aromatic N) is 4. The van der Waals surface area contributed by atoms with Gasteiger partial charge in [0.1, 0.15) is 22.3 Å². The van der Waals surface area contributed by atoms with Gasteiger partial charge in [0.25, 0.3) is 5.91 Å². The molecular formula is C27H29FN6O2S. The first-order valence-corrected chi connectivity index (χ1v) is 13.2. The van der Waals surface area contributed by atoms with Gasteiger partial charge >= 0.3 is 0 Å². The second kappa shape index (κ2) is 11.5. The Balaban J connectivity index is 1.20. The number of carbonyl (C=O) groups is 1. The van der Waals surface area contributed by atoms with Gasteiger partial charge in [0, 0.05) is 49.2 Å². The summed E-state index contributed by atoms with van der Waals surface area (Å²) in [4.78, 5) is 19.4. The van der Waals surface area contributed by atoms with E-state index in [2.05, 4.69) is 15.4 Å². The number of para-hydroxylation sites is 2. The Morgan fingerprint density at radius 2 is 2.08 bits per heavy atom. The number of nitrogens with two attached hydrogens (primary N) is 1. The van der Waals surface area contributed by atoms with Gasteiger partial charge in [-0.3, -0.25) is 9.48 Å². The maximum atomic E-state index is 14.8. The molecule has 0 radical (unpaired) electrons. The number of benzene rings is 2. The highest BCUT2D eigenvalue weighted by atomic mass is 32.1. The van der Waals surface area contributed by atoms with E-state index >= 15 is 0 Å². The summed E-state index contributed by atoms with van der Waals surface area (Å²) in [7, 11) is 0. The molecule has 5 rings (SSSR count). The van der Waals surface area contributed by atoms with Crippen LogP contribution in [0.15, 0.2) is 66.3 Å². The van der Waals surface area contributed by atoms with E-state index in [9.17, 15) is 9.18 Å². The highest BCUT2D eigenvalue weighted by Crippen LogP contribution is 2.32. The standard InChI is InChI=1S/C27H29FN6O2S/c28-22-10-4-11-23(25(22)33-12-5-7-20(29)17-33)31-26(35)24-18-37-27(32-24)19-15-30-34(16-19)13-6-14-36-21-8-2-1-3-9-21/h1-4,8-11,15-16,18,20H,5-7,12-14,17,29H2,(H,31,35). The number of carbonyl (C=O) groups excluding carboxylic acids is 1. The molecule has 4 aromatic rings. The zero-order valence-electron chi connectivity index (χ0n) is 20.3. The first-order valence-electron chi connectivity index (χ1n) is 12.3. The molecule has 8 nitrogen and oxygen atoms in total. The zero-order chi connectivity index (χ0) is 25.6. The molecule has 2 aromatic carbocycles. The molecule has 3 heterocycles. The average molecular weight is 521 g/mol. The van der Waals surface area contributed by atoms with Gasteiger partial charge in [-0.1, -0.05) is 24.3 Å². The number of aryl methyl sites for hydroxylation is 1. The van der Waals surface area contributed by atoms with Crippen LogP contribution in [0.25, 0.3) is 10.6 Å². The zero-order valence-corrected chi connectivity index (χ0v) is 21.2. The van der Waals surface area contributed by atoms with Crippen LogP contribution >= 0.6 is 11.3 Å². The summed E-state index contributed by atoms with van der Waals surface area (Å²) in [5.74, 6) is 0.0793. The number of nitrogens with one attached hydrogen (secondary N) is 1. The van der Waals surface area contributed by atoms with Gasteiger partial charge in [-0.05, 0) is 37.1 Å². The summed E-state index contributed by atoms with van der Waals surface area (Å²) in [6.07, 6.45) is 6.24. The van der Waals surface area contributed by atoms with Crippen molar-refractivity contribution in [3.63, 3.8) is 0 Å². The molecule has 1 saturated heterocycles. The highest BCUT2D eigenvalue weighted by Gasteiger charge is 2.23. The average Bonchev–Trinajstić information content (AvgIpc) is 3.58. The van der Waals surface area contributed by atoms with E-state index in [4.69, 9.17) is 10.5 Å². The predicted octanol–water partition coefficient (Wildman–Crippen LogP) is 4.79. The van der Waals surface area contributed by atoms with Crippen molar-refractivity contribution < 1.29 is 13.9 Å². The summed E-state index contributed by atoms with van der Waals surface area (Å²) >= 11 is 1.37. The molecule has 1 amide bonds. The fraction of sp³-hybridized carbons (Fsp3) is 0.296. The smallest absolute Gasteiger partial charge is 0.275 e. The van der Waals surface area contributed by atoms with Crippen molar-refractivity contribution in [2.24, 2.45) is 5.73 Å². The number of amides is 1. The lowest BCUT2D eigenvalue weighted by atomic mass is 10.1. The van der Waals surface area contributed by atoms with Crippen LogP contribution in [0, 0.1) is 5.82 Å². The Morgan fingerprint density at radius 1 is 1.22 bits per heavy atom. The fourth-order valence-electron chi connectivity index (χ4n) is 4.38. The number of rotatable bonds is 9. The van der Waals surface area contributed by atoms with E-state index in [1.54, 1.807) is 23.7 Å². The number of aromatic nitrogens is 3. The summed E-state index contributed by atoms with van der Waals surface area (Å²) in [5.41, 5.74) is 8.00. The lowest BCUT2D eigenvalue weighted by molar-refractivity contribution is 0.102. The number of hydrogen-bond acceptors (Lipinski definition) is 7.